The van der Waals surface area contributed by atoms with Gasteiger partial charge in [0.2, 0.25) is 15.9 Å². The maximum Gasteiger partial charge on any atom is 0.223 e. The minimum absolute atomic E-state index is 0.181. The van der Waals surface area contributed by atoms with E-state index in [9.17, 15) is 8.42 Å². The fourth-order valence-corrected chi connectivity index (χ4v) is 4.87. The summed E-state index contributed by atoms with van der Waals surface area (Å²) in [6, 6.07) is -0.258. The summed E-state index contributed by atoms with van der Waals surface area (Å²) in [5, 5.41) is 3.90. The Balaban J connectivity index is 1.68. The Morgan fingerprint density at radius 2 is 2.00 bits per heavy atom. The molecule has 21 heavy (non-hydrogen) atoms. The van der Waals surface area contributed by atoms with Crippen LogP contribution < -0.4 is 0 Å². The van der Waals surface area contributed by atoms with Crippen molar-refractivity contribution in [1.82, 2.24) is 19.3 Å². The summed E-state index contributed by atoms with van der Waals surface area (Å²) in [5.74, 6) is 1.15. The second kappa shape index (κ2) is 6.02. The van der Waals surface area contributed by atoms with Gasteiger partial charge in [-0.2, -0.15) is 9.29 Å². The Kier molecular flexibility index (Phi) is 4.28. The summed E-state index contributed by atoms with van der Waals surface area (Å²) < 4.78 is 31.7. The molecule has 0 aromatic carbocycles. The molecule has 1 atom stereocenters. The first-order valence-corrected chi connectivity index (χ1v) is 9.19. The van der Waals surface area contributed by atoms with Gasteiger partial charge in [-0.15, -0.1) is 0 Å². The number of aromatic nitrogens is 2. The lowest BCUT2D eigenvalue weighted by atomic mass is 10.2. The maximum atomic E-state index is 12.6. The van der Waals surface area contributed by atoms with Crippen LogP contribution in [0.25, 0.3) is 0 Å². The lowest BCUT2D eigenvalue weighted by Crippen LogP contribution is -2.37. The first-order valence-electron chi connectivity index (χ1n) is 7.58. The molecule has 118 valence electrons. The number of nitrogens with zero attached hydrogens (tertiary/aromatic N) is 4. The molecule has 0 aliphatic carbocycles. The molecule has 1 aromatic rings. The number of likely N-dealkylation sites (tertiary alicyclic amines) is 1. The van der Waals surface area contributed by atoms with Crippen molar-refractivity contribution >= 4 is 10.0 Å². The van der Waals surface area contributed by atoms with Gasteiger partial charge in [0.25, 0.3) is 0 Å². The molecule has 3 heterocycles. The highest BCUT2D eigenvalue weighted by atomic mass is 32.2. The topological polar surface area (TPSA) is 79.5 Å². The van der Waals surface area contributed by atoms with E-state index in [1.807, 2.05) is 0 Å². The van der Waals surface area contributed by atoms with Crippen molar-refractivity contribution in [2.24, 2.45) is 0 Å². The Hall–Kier alpha value is -0.990. The minimum Gasteiger partial charge on any atom is -0.340 e. The molecule has 1 unspecified atom stereocenters. The molecule has 0 saturated carbocycles. The lowest BCUT2D eigenvalue weighted by Gasteiger charge is -2.23. The molecular weight excluding hydrogens is 292 g/mol. The summed E-state index contributed by atoms with van der Waals surface area (Å²) in [4.78, 5) is 6.42. The van der Waals surface area contributed by atoms with Crippen LogP contribution in [0.1, 0.15) is 43.4 Å². The Morgan fingerprint density at radius 3 is 2.67 bits per heavy atom. The molecule has 2 aliphatic rings. The van der Waals surface area contributed by atoms with Gasteiger partial charge in [-0.05, 0) is 38.8 Å². The summed E-state index contributed by atoms with van der Waals surface area (Å²) in [6.45, 7) is 4.93. The zero-order valence-electron chi connectivity index (χ0n) is 12.4. The average Bonchev–Trinajstić information content (AvgIpc) is 3.17. The number of rotatable bonds is 5. The fourth-order valence-electron chi connectivity index (χ4n) is 3.15. The van der Waals surface area contributed by atoms with Crippen LogP contribution in [0.2, 0.25) is 0 Å². The lowest BCUT2D eigenvalue weighted by molar-refractivity contribution is 0.337. The van der Waals surface area contributed by atoms with E-state index >= 15 is 0 Å². The quantitative estimate of drug-likeness (QED) is 0.805. The van der Waals surface area contributed by atoms with Crippen LogP contribution in [0.3, 0.4) is 0 Å². The molecule has 8 heteroatoms. The highest BCUT2D eigenvalue weighted by molar-refractivity contribution is 7.89. The smallest absolute Gasteiger partial charge is 0.223 e. The van der Waals surface area contributed by atoms with E-state index in [2.05, 4.69) is 15.0 Å². The number of hydrogen-bond acceptors (Lipinski definition) is 6. The zero-order valence-corrected chi connectivity index (χ0v) is 13.2. The van der Waals surface area contributed by atoms with Crippen molar-refractivity contribution in [3.63, 3.8) is 0 Å². The zero-order chi connectivity index (χ0) is 14.9. The largest absolute Gasteiger partial charge is 0.340 e. The Morgan fingerprint density at radius 1 is 1.24 bits per heavy atom. The highest BCUT2D eigenvalue weighted by Gasteiger charge is 2.37. The molecule has 0 amide bonds. The molecule has 0 radical (unpaired) electrons. The van der Waals surface area contributed by atoms with Crippen LogP contribution in [0, 0.1) is 6.92 Å². The predicted octanol–water partition coefficient (Wildman–Crippen LogP) is 0.941. The maximum absolute atomic E-state index is 12.6. The second-order valence-electron chi connectivity index (χ2n) is 5.81. The van der Waals surface area contributed by atoms with Crippen molar-refractivity contribution in [2.45, 2.75) is 38.6 Å². The van der Waals surface area contributed by atoms with Gasteiger partial charge in [0.1, 0.15) is 0 Å². The molecule has 7 nitrogen and oxygen atoms in total. The standard InChI is InChI=1S/C13H22N4O3S/c1-11-14-13(15-20-11)12-5-4-8-17(12)21(18,19)10-9-16-6-2-3-7-16/h12H,2-10H2,1H3. The fraction of sp³-hybridized carbons (Fsp3) is 0.846. The molecule has 0 N–H and O–H groups in total. The van der Waals surface area contributed by atoms with Crippen molar-refractivity contribution < 1.29 is 12.9 Å². The van der Waals surface area contributed by atoms with E-state index in [0.29, 0.717) is 24.8 Å². The van der Waals surface area contributed by atoms with Crippen LogP contribution in [-0.2, 0) is 10.0 Å². The van der Waals surface area contributed by atoms with Crippen molar-refractivity contribution in [3.8, 4) is 0 Å². The summed E-state index contributed by atoms with van der Waals surface area (Å²) in [5.41, 5.74) is 0. The van der Waals surface area contributed by atoms with Crippen molar-refractivity contribution in [1.29, 1.82) is 0 Å². The van der Waals surface area contributed by atoms with Crippen LogP contribution in [-0.4, -0.2) is 59.7 Å². The van der Waals surface area contributed by atoms with Gasteiger partial charge < -0.3 is 9.42 Å². The van der Waals surface area contributed by atoms with Gasteiger partial charge in [0.15, 0.2) is 5.82 Å². The predicted molar refractivity (Wildman–Crippen MR) is 77.2 cm³/mol. The number of sulfonamides is 1. The van der Waals surface area contributed by atoms with Gasteiger partial charge >= 0.3 is 0 Å². The molecule has 0 bridgehead atoms. The van der Waals surface area contributed by atoms with Gasteiger partial charge in [0.05, 0.1) is 11.8 Å². The summed E-state index contributed by atoms with van der Waals surface area (Å²) >= 11 is 0. The molecule has 2 fully saturated rings. The van der Waals surface area contributed by atoms with E-state index in [4.69, 9.17) is 4.52 Å². The molecule has 0 spiro atoms. The van der Waals surface area contributed by atoms with Crippen LogP contribution in [0.15, 0.2) is 4.52 Å². The minimum atomic E-state index is -3.27. The normalized spacial score (nSPS) is 24.9. The third kappa shape index (κ3) is 3.27. The first-order chi connectivity index (χ1) is 10.1. The van der Waals surface area contributed by atoms with Gasteiger partial charge in [-0.3, -0.25) is 0 Å². The van der Waals surface area contributed by atoms with Crippen molar-refractivity contribution in [3.05, 3.63) is 11.7 Å². The third-order valence-electron chi connectivity index (χ3n) is 4.27. The van der Waals surface area contributed by atoms with E-state index in [1.165, 1.54) is 12.8 Å². The van der Waals surface area contributed by atoms with Gasteiger partial charge in [0, 0.05) is 20.0 Å². The summed E-state index contributed by atoms with van der Waals surface area (Å²) in [7, 11) is -3.27. The number of aryl methyl sites for hydroxylation is 1. The van der Waals surface area contributed by atoms with Crippen molar-refractivity contribution in [2.75, 3.05) is 31.9 Å². The van der Waals surface area contributed by atoms with E-state index in [0.717, 1.165) is 25.9 Å². The Labute approximate surface area is 125 Å². The van der Waals surface area contributed by atoms with E-state index in [-0.39, 0.29) is 11.8 Å². The first kappa shape index (κ1) is 14.9. The summed E-state index contributed by atoms with van der Waals surface area (Å²) in [6.07, 6.45) is 3.96. The van der Waals surface area contributed by atoms with Gasteiger partial charge in [-0.25, -0.2) is 8.42 Å². The Bertz CT molecular complexity index is 580. The van der Waals surface area contributed by atoms with Crippen LogP contribution in [0.4, 0.5) is 0 Å². The molecular formula is C13H22N4O3S. The monoisotopic (exact) mass is 314 g/mol. The molecule has 2 saturated heterocycles. The average molecular weight is 314 g/mol. The van der Waals surface area contributed by atoms with Gasteiger partial charge in [-0.1, -0.05) is 5.16 Å². The molecule has 1 aromatic heterocycles. The van der Waals surface area contributed by atoms with Crippen LogP contribution in [0.5, 0.6) is 0 Å². The second-order valence-corrected chi connectivity index (χ2v) is 7.85. The van der Waals surface area contributed by atoms with Crippen LogP contribution >= 0.6 is 0 Å². The highest BCUT2D eigenvalue weighted by Crippen LogP contribution is 2.32. The van der Waals surface area contributed by atoms with E-state index in [1.54, 1.807) is 11.2 Å². The SMILES string of the molecule is Cc1nc(C2CCCN2S(=O)(=O)CCN2CCCC2)no1. The number of hydrogen-bond donors (Lipinski definition) is 0. The van der Waals surface area contributed by atoms with E-state index < -0.39 is 10.0 Å². The molecule has 3 rings (SSSR count). The molecule has 2 aliphatic heterocycles. The third-order valence-corrected chi connectivity index (χ3v) is 6.12.